The number of carbonyl (C=O) groups is 1. The highest BCUT2D eigenvalue weighted by Crippen LogP contribution is 2.28. The lowest BCUT2D eigenvalue weighted by Crippen LogP contribution is -2.46. The third-order valence-electron chi connectivity index (χ3n) is 7.17. The van der Waals surface area contributed by atoms with Crippen LogP contribution in [0, 0.1) is 0 Å². The van der Waals surface area contributed by atoms with Gasteiger partial charge in [0.1, 0.15) is 29.4 Å². The predicted octanol–water partition coefficient (Wildman–Crippen LogP) is 2.91. The van der Waals surface area contributed by atoms with Crippen molar-refractivity contribution in [1.29, 1.82) is 0 Å². The number of rotatable bonds is 8. The molecule has 5 rings (SSSR count). The van der Waals surface area contributed by atoms with Gasteiger partial charge in [-0.15, -0.1) is 0 Å². The molecule has 35 heavy (non-hydrogen) atoms. The van der Waals surface area contributed by atoms with Gasteiger partial charge in [-0.2, -0.15) is 0 Å². The number of nitrogens with zero attached hydrogens (tertiary/aromatic N) is 5. The summed E-state index contributed by atoms with van der Waals surface area (Å²) >= 11 is 0. The van der Waals surface area contributed by atoms with Crippen LogP contribution in [0.2, 0.25) is 0 Å². The first-order valence-corrected chi connectivity index (χ1v) is 12.6. The van der Waals surface area contributed by atoms with Gasteiger partial charge in [0, 0.05) is 44.6 Å². The Balaban J connectivity index is 1.14. The number of benzene rings is 1. The number of imidazole rings is 1. The van der Waals surface area contributed by atoms with E-state index in [1.54, 1.807) is 30.3 Å². The molecule has 0 unspecified atom stereocenters. The molecule has 0 saturated carbocycles. The third kappa shape index (κ3) is 5.44. The summed E-state index contributed by atoms with van der Waals surface area (Å²) in [4.78, 5) is 23.6. The normalized spacial score (nSPS) is 20.9. The fourth-order valence-corrected chi connectivity index (χ4v) is 5.27. The van der Waals surface area contributed by atoms with E-state index in [4.69, 9.17) is 4.74 Å². The molecule has 2 aliphatic rings. The Labute approximate surface area is 206 Å². The Kier molecular flexibility index (Phi) is 6.92. The molecule has 1 amide bonds. The van der Waals surface area contributed by atoms with Crippen molar-refractivity contribution in [3.8, 4) is 5.75 Å². The topological polar surface area (TPSA) is 73.5 Å². The molecule has 0 aliphatic carbocycles. The monoisotopic (exact) mass is 477 g/mol. The van der Waals surface area contributed by atoms with E-state index in [0.29, 0.717) is 25.1 Å². The first kappa shape index (κ1) is 23.6. The second-order valence-electron chi connectivity index (χ2n) is 9.87. The summed E-state index contributed by atoms with van der Waals surface area (Å²) in [5.41, 5.74) is 0.506. The van der Waals surface area contributed by atoms with Gasteiger partial charge in [0.2, 0.25) is 0 Å². The Morgan fingerprint density at radius 3 is 2.71 bits per heavy atom. The second kappa shape index (κ2) is 10.3. The van der Waals surface area contributed by atoms with Crippen LogP contribution < -0.4 is 9.64 Å². The maximum Gasteiger partial charge on any atom is 0.253 e. The van der Waals surface area contributed by atoms with Gasteiger partial charge in [0.15, 0.2) is 0 Å². The maximum absolute atomic E-state index is 13.0. The number of likely N-dealkylation sites (N-methyl/N-ethyl adjacent to an activating group) is 1. The smallest absolute Gasteiger partial charge is 0.253 e. The van der Waals surface area contributed by atoms with Crippen molar-refractivity contribution in [3.05, 3.63) is 60.4 Å². The zero-order valence-corrected chi connectivity index (χ0v) is 20.5. The summed E-state index contributed by atoms with van der Waals surface area (Å²) in [6.07, 6.45) is 8.19. The average molecular weight is 478 g/mol. The van der Waals surface area contributed by atoms with E-state index >= 15 is 0 Å². The Bertz CT molecular complexity index is 1140. The van der Waals surface area contributed by atoms with Crippen molar-refractivity contribution in [2.75, 3.05) is 57.8 Å². The minimum absolute atomic E-state index is 0.103. The van der Waals surface area contributed by atoms with Gasteiger partial charge < -0.3 is 19.6 Å². The van der Waals surface area contributed by atoms with E-state index in [1.807, 2.05) is 40.9 Å². The standard InChI is InChI=1S/C27H35N5O3/c1-29(20-27(34)12-16-31(21-27)25-7-5-6-24-28-13-17-32(24)25)26(33)22-8-10-23(11-9-22)35-19-18-30-14-3-2-4-15-30/h5-11,13,17,34H,2-4,12,14-16,18-21H2,1H3/t27-/m0/s1. The van der Waals surface area contributed by atoms with Crippen LogP contribution in [-0.4, -0.2) is 88.7 Å². The number of hydrogen-bond donors (Lipinski definition) is 1. The van der Waals surface area contributed by atoms with E-state index in [1.165, 1.54) is 19.3 Å². The van der Waals surface area contributed by atoms with Crippen molar-refractivity contribution in [1.82, 2.24) is 19.2 Å². The van der Waals surface area contributed by atoms with Gasteiger partial charge in [-0.05, 0) is 68.8 Å². The van der Waals surface area contributed by atoms with Crippen LogP contribution in [0.1, 0.15) is 36.0 Å². The third-order valence-corrected chi connectivity index (χ3v) is 7.17. The van der Waals surface area contributed by atoms with Crippen LogP contribution in [0.4, 0.5) is 5.82 Å². The van der Waals surface area contributed by atoms with Crippen molar-refractivity contribution in [2.24, 2.45) is 0 Å². The molecule has 4 heterocycles. The number of carbonyl (C=O) groups excluding carboxylic acids is 1. The van der Waals surface area contributed by atoms with Crippen LogP contribution in [0.25, 0.3) is 5.65 Å². The van der Waals surface area contributed by atoms with E-state index in [-0.39, 0.29) is 12.5 Å². The highest BCUT2D eigenvalue weighted by Gasteiger charge is 2.38. The highest BCUT2D eigenvalue weighted by atomic mass is 16.5. The highest BCUT2D eigenvalue weighted by molar-refractivity contribution is 5.94. The largest absolute Gasteiger partial charge is 0.492 e. The van der Waals surface area contributed by atoms with Gasteiger partial charge in [0.05, 0.1) is 6.54 Å². The molecule has 1 N–H and O–H groups in total. The Morgan fingerprint density at radius 1 is 1.11 bits per heavy atom. The number of fused-ring (bicyclic) bond motifs is 1. The minimum atomic E-state index is -0.968. The summed E-state index contributed by atoms with van der Waals surface area (Å²) in [6, 6.07) is 13.3. The van der Waals surface area contributed by atoms with Crippen LogP contribution in [0.5, 0.6) is 5.75 Å². The van der Waals surface area contributed by atoms with Crippen molar-refractivity contribution >= 4 is 17.4 Å². The number of hydrogen-bond acceptors (Lipinski definition) is 6. The molecular formula is C27H35N5O3. The molecular weight excluding hydrogens is 442 g/mol. The number of β-amino-alcohol motifs (C(OH)–C–C–N with tert-alkyl or cyclic N) is 1. The number of aliphatic hydroxyl groups is 1. The quantitative estimate of drug-likeness (QED) is 0.538. The molecule has 0 spiro atoms. The molecule has 0 radical (unpaired) electrons. The number of likely N-dealkylation sites (tertiary alicyclic amines) is 1. The fraction of sp³-hybridized carbons (Fsp3) is 0.481. The van der Waals surface area contributed by atoms with Crippen molar-refractivity contribution < 1.29 is 14.6 Å². The zero-order chi connectivity index (χ0) is 24.3. The first-order valence-electron chi connectivity index (χ1n) is 12.6. The lowest BCUT2D eigenvalue weighted by molar-refractivity contribution is 0.0264. The summed E-state index contributed by atoms with van der Waals surface area (Å²) < 4.78 is 7.91. The van der Waals surface area contributed by atoms with E-state index in [0.717, 1.165) is 43.4 Å². The molecule has 8 nitrogen and oxygen atoms in total. The molecule has 2 aromatic heterocycles. The zero-order valence-electron chi connectivity index (χ0n) is 20.5. The van der Waals surface area contributed by atoms with Crippen LogP contribution in [0.15, 0.2) is 54.9 Å². The van der Waals surface area contributed by atoms with Gasteiger partial charge in [-0.1, -0.05) is 12.5 Å². The molecule has 2 aliphatic heterocycles. The second-order valence-corrected chi connectivity index (χ2v) is 9.87. The first-order chi connectivity index (χ1) is 17.0. The molecule has 2 saturated heterocycles. The predicted molar refractivity (Wildman–Crippen MR) is 136 cm³/mol. The number of pyridine rings is 1. The average Bonchev–Trinajstić information content (AvgIpc) is 3.51. The molecule has 1 atom stereocenters. The lowest BCUT2D eigenvalue weighted by Gasteiger charge is -2.29. The molecule has 8 heteroatoms. The number of ether oxygens (including phenoxy) is 1. The summed E-state index contributed by atoms with van der Waals surface area (Å²) in [6.45, 7) is 5.37. The van der Waals surface area contributed by atoms with Crippen LogP contribution >= 0.6 is 0 Å². The Hall–Kier alpha value is -3.10. The van der Waals surface area contributed by atoms with Crippen molar-refractivity contribution in [3.63, 3.8) is 0 Å². The number of aromatic nitrogens is 2. The number of piperidine rings is 1. The van der Waals surface area contributed by atoms with Gasteiger partial charge in [0.25, 0.3) is 5.91 Å². The molecule has 2 fully saturated rings. The molecule has 3 aromatic rings. The van der Waals surface area contributed by atoms with Crippen LogP contribution in [-0.2, 0) is 0 Å². The molecule has 1 aromatic carbocycles. The van der Waals surface area contributed by atoms with Crippen LogP contribution in [0.3, 0.4) is 0 Å². The van der Waals surface area contributed by atoms with Gasteiger partial charge >= 0.3 is 0 Å². The lowest BCUT2D eigenvalue weighted by atomic mass is 10.0. The van der Waals surface area contributed by atoms with Gasteiger partial charge in [-0.25, -0.2) is 4.98 Å². The summed E-state index contributed by atoms with van der Waals surface area (Å²) in [5.74, 6) is 1.68. The Morgan fingerprint density at radius 2 is 1.91 bits per heavy atom. The van der Waals surface area contributed by atoms with E-state index < -0.39 is 5.60 Å². The summed E-state index contributed by atoms with van der Waals surface area (Å²) in [5, 5.41) is 11.3. The van der Waals surface area contributed by atoms with E-state index in [2.05, 4.69) is 14.8 Å². The fourth-order valence-electron chi connectivity index (χ4n) is 5.27. The SMILES string of the molecule is CN(C[C@@]1(O)CCN(c2cccc3nccn23)C1)C(=O)c1ccc(OCCN2CCCCC2)cc1. The minimum Gasteiger partial charge on any atom is -0.492 e. The summed E-state index contributed by atoms with van der Waals surface area (Å²) in [7, 11) is 1.75. The van der Waals surface area contributed by atoms with Crippen molar-refractivity contribution in [2.45, 2.75) is 31.3 Å². The van der Waals surface area contributed by atoms with Gasteiger partial charge in [-0.3, -0.25) is 14.1 Å². The van der Waals surface area contributed by atoms with E-state index in [9.17, 15) is 9.90 Å². The number of anilines is 1. The maximum atomic E-state index is 13.0. The molecule has 186 valence electrons. The number of amides is 1. The molecule has 0 bridgehead atoms.